The third-order valence-electron chi connectivity index (χ3n) is 2.64. The van der Waals surface area contributed by atoms with E-state index in [2.05, 4.69) is 29.4 Å². The molecule has 0 aliphatic carbocycles. The fourth-order valence-corrected chi connectivity index (χ4v) is 2.54. The van der Waals surface area contributed by atoms with E-state index in [1.807, 2.05) is 6.07 Å². The Morgan fingerprint density at radius 1 is 1.21 bits per heavy atom. The van der Waals surface area contributed by atoms with Crippen LogP contribution in [0.2, 0.25) is 0 Å². The summed E-state index contributed by atoms with van der Waals surface area (Å²) in [6.45, 7) is 6.02. The fraction of sp³-hybridized carbons (Fsp3) is 0.429. The number of rotatable bonds is 6. The molecule has 0 fully saturated rings. The van der Waals surface area contributed by atoms with Crippen molar-refractivity contribution < 1.29 is 4.39 Å². The lowest BCUT2D eigenvalue weighted by Gasteiger charge is -2.04. The van der Waals surface area contributed by atoms with Gasteiger partial charge >= 0.3 is 0 Å². The SMILES string of the molecule is CC(C)CNCc1nnc(Cc2ccccc2F)s1. The van der Waals surface area contributed by atoms with Crippen LogP contribution in [-0.4, -0.2) is 16.7 Å². The van der Waals surface area contributed by atoms with Crippen molar-refractivity contribution in [2.45, 2.75) is 26.8 Å². The summed E-state index contributed by atoms with van der Waals surface area (Å²) in [4.78, 5) is 0. The molecule has 2 aromatic rings. The van der Waals surface area contributed by atoms with Gasteiger partial charge < -0.3 is 5.32 Å². The van der Waals surface area contributed by atoms with Crippen LogP contribution in [0.1, 0.15) is 29.4 Å². The van der Waals surface area contributed by atoms with E-state index in [9.17, 15) is 4.39 Å². The molecule has 0 spiro atoms. The standard InChI is InChI=1S/C14H18FN3S/c1-10(2)8-16-9-14-18-17-13(19-14)7-11-5-3-4-6-12(11)15/h3-6,10,16H,7-9H2,1-2H3. The van der Waals surface area contributed by atoms with E-state index in [0.29, 0.717) is 17.9 Å². The topological polar surface area (TPSA) is 37.8 Å². The van der Waals surface area contributed by atoms with Gasteiger partial charge in [0.25, 0.3) is 0 Å². The molecule has 2 rings (SSSR count). The summed E-state index contributed by atoms with van der Waals surface area (Å²) in [6, 6.07) is 6.79. The number of hydrogen-bond acceptors (Lipinski definition) is 4. The van der Waals surface area contributed by atoms with E-state index in [-0.39, 0.29) is 5.82 Å². The van der Waals surface area contributed by atoms with Crippen LogP contribution >= 0.6 is 11.3 Å². The second-order valence-electron chi connectivity index (χ2n) is 4.88. The first-order valence-corrected chi connectivity index (χ1v) is 7.22. The van der Waals surface area contributed by atoms with Crippen molar-refractivity contribution in [1.82, 2.24) is 15.5 Å². The van der Waals surface area contributed by atoms with Crippen LogP contribution in [0.5, 0.6) is 0 Å². The number of hydrogen-bond donors (Lipinski definition) is 1. The minimum Gasteiger partial charge on any atom is -0.310 e. The lowest BCUT2D eigenvalue weighted by atomic mass is 10.1. The summed E-state index contributed by atoms with van der Waals surface area (Å²) in [5.41, 5.74) is 0.667. The monoisotopic (exact) mass is 279 g/mol. The van der Waals surface area contributed by atoms with Gasteiger partial charge in [-0.3, -0.25) is 0 Å². The summed E-state index contributed by atoms with van der Waals surface area (Å²) in [6.07, 6.45) is 0.508. The molecule has 1 aromatic carbocycles. The van der Waals surface area contributed by atoms with Crippen molar-refractivity contribution in [3.63, 3.8) is 0 Å². The molecule has 0 unspecified atom stereocenters. The van der Waals surface area contributed by atoms with Gasteiger partial charge in [-0.1, -0.05) is 43.4 Å². The molecule has 0 radical (unpaired) electrons. The van der Waals surface area contributed by atoms with Crippen molar-refractivity contribution in [1.29, 1.82) is 0 Å². The Hall–Kier alpha value is -1.33. The van der Waals surface area contributed by atoms with Crippen molar-refractivity contribution >= 4 is 11.3 Å². The smallest absolute Gasteiger partial charge is 0.131 e. The normalized spacial score (nSPS) is 11.2. The molecule has 0 bridgehead atoms. The molecule has 5 heteroatoms. The van der Waals surface area contributed by atoms with Gasteiger partial charge in [0.15, 0.2) is 0 Å². The van der Waals surface area contributed by atoms with Gasteiger partial charge in [0, 0.05) is 13.0 Å². The van der Waals surface area contributed by atoms with Gasteiger partial charge in [-0.25, -0.2) is 4.39 Å². The minimum absolute atomic E-state index is 0.183. The Kier molecular flexibility index (Phi) is 4.99. The third kappa shape index (κ3) is 4.36. The highest BCUT2D eigenvalue weighted by Crippen LogP contribution is 2.16. The lowest BCUT2D eigenvalue weighted by Crippen LogP contribution is -2.18. The number of halogens is 1. The number of nitrogens with one attached hydrogen (secondary N) is 1. The Balaban J connectivity index is 1.92. The van der Waals surface area contributed by atoms with Crippen molar-refractivity contribution in [3.8, 4) is 0 Å². The van der Waals surface area contributed by atoms with E-state index >= 15 is 0 Å². The second kappa shape index (κ2) is 6.73. The van der Waals surface area contributed by atoms with E-state index in [4.69, 9.17) is 0 Å². The number of nitrogens with zero attached hydrogens (tertiary/aromatic N) is 2. The van der Waals surface area contributed by atoms with Crippen LogP contribution in [0.3, 0.4) is 0 Å². The van der Waals surface area contributed by atoms with Gasteiger partial charge in [0.1, 0.15) is 15.8 Å². The summed E-state index contributed by atoms with van der Waals surface area (Å²) in [5.74, 6) is 0.433. The summed E-state index contributed by atoms with van der Waals surface area (Å²) in [7, 11) is 0. The molecule has 19 heavy (non-hydrogen) atoms. The Labute approximate surface area is 116 Å². The molecule has 102 valence electrons. The van der Waals surface area contributed by atoms with Crippen molar-refractivity contribution in [3.05, 3.63) is 45.7 Å². The number of aromatic nitrogens is 2. The molecule has 0 saturated carbocycles. The van der Waals surface area contributed by atoms with Crippen LogP contribution in [0.4, 0.5) is 4.39 Å². The lowest BCUT2D eigenvalue weighted by molar-refractivity contribution is 0.550. The molecule has 1 aromatic heterocycles. The van der Waals surface area contributed by atoms with Crippen LogP contribution in [0.25, 0.3) is 0 Å². The molecule has 1 heterocycles. The van der Waals surface area contributed by atoms with Crippen molar-refractivity contribution in [2.24, 2.45) is 5.92 Å². The largest absolute Gasteiger partial charge is 0.310 e. The molecule has 0 aliphatic rings. The van der Waals surface area contributed by atoms with E-state index < -0.39 is 0 Å². The highest BCUT2D eigenvalue weighted by molar-refractivity contribution is 7.11. The maximum Gasteiger partial charge on any atom is 0.131 e. The van der Waals surface area contributed by atoms with Crippen LogP contribution in [0, 0.1) is 11.7 Å². The van der Waals surface area contributed by atoms with E-state index in [1.54, 1.807) is 12.1 Å². The predicted molar refractivity (Wildman–Crippen MR) is 75.7 cm³/mol. The molecular formula is C14H18FN3S. The Morgan fingerprint density at radius 2 is 1.95 bits per heavy atom. The van der Waals surface area contributed by atoms with Gasteiger partial charge in [-0.15, -0.1) is 10.2 Å². The molecule has 0 aliphatic heterocycles. The Bertz CT molecular complexity index is 525. The van der Waals surface area contributed by atoms with Crippen LogP contribution < -0.4 is 5.32 Å². The molecule has 1 N–H and O–H groups in total. The highest BCUT2D eigenvalue weighted by Gasteiger charge is 2.08. The molecule has 0 amide bonds. The zero-order valence-corrected chi connectivity index (χ0v) is 12.0. The number of benzene rings is 1. The summed E-state index contributed by atoms with van der Waals surface area (Å²) in [5, 5.41) is 13.4. The zero-order chi connectivity index (χ0) is 13.7. The molecule has 3 nitrogen and oxygen atoms in total. The highest BCUT2D eigenvalue weighted by atomic mass is 32.1. The van der Waals surface area contributed by atoms with Gasteiger partial charge in [0.05, 0.1) is 0 Å². The van der Waals surface area contributed by atoms with E-state index in [1.165, 1.54) is 17.4 Å². The van der Waals surface area contributed by atoms with Gasteiger partial charge in [-0.2, -0.15) is 0 Å². The fourth-order valence-electron chi connectivity index (χ4n) is 1.70. The summed E-state index contributed by atoms with van der Waals surface area (Å²) >= 11 is 1.54. The summed E-state index contributed by atoms with van der Waals surface area (Å²) < 4.78 is 13.5. The maximum atomic E-state index is 13.5. The third-order valence-corrected chi connectivity index (χ3v) is 3.56. The van der Waals surface area contributed by atoms with Gasteiger partial charge in [-0.05, 0) is 24.1 Å². The van der Waals surface area contributed by atoms with Crippen molar-refractivity contribution in [2.75, 3.05) is 6.54 Å². The van der Waals surface area contributed by atoms with Gasteiger partial charge in [0.2, 0.25) is 0 Å². The second-order valence-corrected chi connectivity index (χ2v) is 6.03. The molecule has 0 saturated heterocycles. The first-order chi connectivity index (χ1) is 9.15. The predicted octanol–water partition coefficient (Wildman–Crippen LogP) is 3.01. The maximum absolute atomic E-state index is 13.5. The van der Waals surface area contributed by atoms with Crippen LogP contribution in [0.15, 0.2) is 24.3 Å². The minimum atomic E-state index is -0.183. The average molecular weight is 279 g/mol. The molecule has 0 atom stereocenters. The zero-order valence-electron chi connectivity index (χ0n) is 11.2. The average Bonchev–Trinajstić information content (AvgIpc) is 2.79. The molecular weight excluding hydrogens is 261 g/mol. The van der Waals surface area contributed by atoms with E-state index in [0.717, 1.165) is 23.1 Å². The first kappa shape index (κ1) is 14.1. The Morgan fingerprint density at radius 3 is 2.68 bits per heavy atom. The van der Waals surface area contributed by atoms with Crippen LogP contribution in [-0.2, 0) is 13.0 Å². The first-order valence-electron chi connectivity index (χ1n) is 6.40. The quantitative estimate of drug-likeness (QED) is 0.883.